The maximum atomic E-state index is 12.0. The lowest BCUT2D eigenvalue weighted by Crippen LogP contribution is -2.61. The number of hydrogen-bond acceptors (Lipinski definition) is 5. The Morgan fingerprint density at radius 2 is 1.79 bits per heavy atom. The van der Waals surface area contributed by atoms with Crippen molar-refractivity contribution in [3.8, 4) is 0 Å². The van der Waals surface area contributed by atoms with Crippen molar-refractivity contribution < 1.29 is 14.8 Å². The number of amides is 2. The van der Waals surface area contributed by atoms with Crippen LogP contribution in [0.2, 0.25) is 0 Å². The Morgan fingerprint density at radius 1 is 1.26 bits per heavy atom. The molecule has 1 rings (SSSR count). The molecular formula is C12H18N4O3. The predicted octanol–water partition coefficient (Wildman–Crippen LogP) is -0.390. The number of nitrogens with one attached hydrogen (secondary N) is 2. The molecule has 0 saturated carbocycles. The van der Waals surface area contributed by atoms with Crippen molar-refractivity contribution in [2.45, 2.75) is 25.4 Å². The number of benzene rings is 1. The number of carbonyl (C=O) groups is 2. The summed E-state index contributed by atoms with van der Waals surface area (Å²) in [5, 5.41) is 11.1. The molecule has 0 radical (unpaired) electrons. The summed E-state index contributed by atoms with van der Waals surface area (Å²) in [5.41, 5.74) is 12.6. The first-order chi connectivity index (χ1) is 8.75. The molecular weight excluding hydrogens is 248 g/mol. The molecule has 2 amide bonds. The minimum absolute atomic E-state index is 0.342. The van der Waals surface area contributed by atoms with Crippen LogP contribution in [-0.2, 0) is 4.79 Å². The Labute approximate surface area is 110 Å². The first-order valence-electron chi connectivity index (χ1n) is 5.65. The zero-order chi connectivity index (χ0) is 14.6. The fraction of sp³-hybridized carbons (Fsp3) is 0.333. The van der Waals surface area contributed by atoms with Crippen molar-refractivity contribution in [2.24, 2.45) is 5.73 Å². The molecule has 0 spiro atoms. The fourth-order valence-corrected chi connectivity index (χ4v) is 1.50. The fourth-order valence-electron chi connectivity index (χ4n) is 1.50. The van der Waals surface area contributed by atoms with Gasteiger partial charge in [-0.1, -0.05) is 0 Å². The van der Waals surface area contributed by atoms with Crippen molar-refractivity contribution in [1.29, 1.82) is 0 Å². The predicted molar refractivity (Wildman–Crippen MR) is 70.3 cm³/mol. The highest BCUT2D eigenvalue weighted by molar-refractivity contribution is 5.98. The molecule has 7 nitrogen and oxygen atoms in total. The first kappa shape index (κ1) is 14.9. The maximum Gasteiger partial charge on any atom is 0.267 e. The zero-order valence-electron chi connectivity index (χ0n) is 10.8. The van der Waals surface area contributed by atoms with Gasteiger partial charge in [0, 0.05) is 16.8 Å². The second kappa shape index (κ2) is 5.68. The molecule has 0 bridgehead atoms. The average Bonchev–Trinajstić information content (AvgIpc) is 2.34. The van der Waals surface area contributed by atoms with Crippen LogP contribution in [0.5, 0.6) is 0 Å². The number of rotatable bonds is 4. The van der Waals surface area contributed by atoms with E-state index >= 15 is 0 Å². The molecule has 0 heterocycles. The minimum Gasteiger partial charge on any atom is -0.399 e. The van der Waals surface area contributed by atoms with Gasteiger partial charge in [0.15, 0.2) is 0 Å². The molecule has 7 heteroatoms. The lowest BCUT2D eigenvalue weighted by Gasteiger charge is -2.29. The molecule has 0 aliphatic rings. The molecule has 0 aromatic heterocycles. The van der Waals surface area contributed by atoms with Gasteiger partial charge in [-0.05, 0) is 38.1 Å². The molecule has 0 saturated heterocycles. The highest BCUT2D eigenvalue weighted by atomic mass is 16.5. The quantitative estimate of drug-likeness (QED) is 0.288. The van der Waals surface area contributed by atoms with Gasteiger partial charge in [-0.3, -0.25) is 14.8 Å². The lowest BCUT2D eigenvalue weighted by molar-refractivity contribution is -0.132. The molecule has 0 aliphatic carbocycles. The second-order valence-electron chi connectivity index (χ2n) is 4.83. The molecule has 0 unspecified atom stereocenters. The van der Waals surface area contributed by atoms with Gasteiger partial charge in [0.2, 0.25) is 0 Å². The summed E-state index contributed by atoms with van der Waals surface area (Å²) in [7, 11) is 0. The summed E-state index contributed by atoms with van der Waals surface area (Å²) in [6.45, 7) is 3.13. The number of hydrogen-bond donors (Lipinski definition) is 5. The Bertz CT molecular complexity index is 465. The van der Waals surface area contributed by atoms with Gasteiger partial charge < -0.3 is 16.8 Å². The van der Waals surface area contributed by atoms with Gasteiger partial charge >= 0.3 is 0 Å². The lowest BCUT2D eigenvalue weighted by atomic mass is 9.95. The van der Waals surface area contributed by atoms with Crippen LogP contribution in [-0.4, -0.2) is 28.6 Å². The van der Waals surface area contributed by atoms with Gasteiger partial charge in [-0.25, -0.2) is 5.48 Å². The van der Waals surface area contributed by atoms with Crippen LogP contribution >= 0.6 is 0 Å². The molecule has 0 aliphatic heterocycles. The van der Waals surface area contributed by atoms with E-state index in [4.69, 9.17) is 16.7 Å². The summed E-state index contributed by atoms with van der Waals surface area (Å²) in [5.74, 6) is -1.26. The van der Waals surface area contributed by atoms with Crippen LogP contribution in [0.4, 0.5) is 5.69 Å². The van der Waals surface area contributed by atoms with E-state index in [0.717, 1.165) is 0 Å². The van der Waals surface area contributed by atoms with E-state index in [1.54, 1.807) is 26.0 Å². The molecule has 104 valence electrons. The highest BCUT2D eigenvalue weighted by Gasteiger charge is 2.33. The minimum atomic E-state index is -1.07. The molecule has 1 aromatic rings. The van der Waals surface area contributed by atoms with Crippen LogP contribution < -0.4 is 22.3 Å². The number of carbonyl (C=O) groups excluding carboxylic acids is 2. The number of anilines is 1. The summed E-state index contributed by atoms with van der Waals surface area (Å²) in [6, 6.07) is 5.14. The van der Waals surface area contributed by atoms with Crippen LogP contribution in [0.15, 0.2) is 24.3 Å². The maximum absolute atomic E-state index is 12.0. The number of nitrogen functional groups attached to an aromatic ring is 1. The van der Waals surface area contributed by atoms with E-state index in [0.29, 0.717) is 11.3 Å². The Hall–Kier alpha value is -2.12. The third-order valence-electron chi connectivity index (χ3n) is 2.56. The van der Waals surface area contributed by atoms with Crippen LogP contribution in [0, 0.1) is 0 Å². The van der Waals surface area contributed by atoms with E-state index in [1.165, 1.54) is 17.6 Å². The van der Waals surface area contributed by atoms with Crippen molar-refractivity contribution >= 4 is 17.5 Å². The summed E-state index contributed by atoms with van der Waals surface area (Å²) in [6.07, 6.45) is 0. The van der Waals surface area contributed by atoms with E-state index in [1.807, 2.05) is 0 Å². The normalized spacial score (nSPS) is 12.6. The Morgan fingerprint density at radius 3 is 2.21 bits per heavy atom. The van der Waals surface area contributed by atoms with E-state index in [9.17, 15) is 9.59 Å². The van der Waals surface area contributed by atoms with Gasteiger partial charge in [0.05, 0.1) is 0 Å². The Kier molecular flexibility index (Phi) is 4.47. The zero-order valence-corrected chi connectivity index (χ0v) is 10.8. The van der Waals surface area contributed by atoms with Crippen molar-refractivity contribution in [2.75, 3.05) is 5.73 Å². The topological polar surface area (TPSA) is 130 Å². The van der Waals surface area contributed by atoms with E-state index < -0.39 is 23.4 Å². The van der Waals surface area contributed by atoms with Crippen molar-refractivity contribution in [3.05, 3.63) is 29.8 Å². The van der Waals surface area contributed by atoms with Gasteiger partial charge in [-0.15, -0.1) is 0 Å². The summed E-state index contributed by atoms with van der Waals surface area (Å²) >= 11 is 0. The number of hydroxylamine groups is 1. The van der Waals surface area contributed by atoms with Gasteiger partial charge in [0.25, 0.3) is 11.8 Å². The monoisotopic (exact) mass is 266 g/mol. The largest absolute Gasteiger partial charge is 0.399 e. The smallest absolute Gasteiger partial charge is 0.267 e. The molecule has 1 aromatic carbocycles. The van der Waals surface area contributed by atoms with Crippen molar-refractivity contribution in [3.63, 3.8) is 0 Å². The van der Waals surface area contributed by atoms with Gasteiger partial charge in [-0.2, -0.15) is 0 Å². The molecule has 1 atom stereocenters. The second-order valence-corrected chi connectivity index (χ2v) is 4.83. The average molecular weight is 266 g/mol. The molecule has 19 heavy (non-hydrogen) atoms. The van der Waals surface area contributed by atoms with E-state index in [2.05, 4.69) is 5.32 Å². The third kappa shape index (κ3) is 3.94. The van der Waals surface area contributed by atoms with Crippen LogP contribution in [0.25, 0.3) is 0 Å². The van der Waals surface area contributed by atoms with Crippen LogP contribution in [0.1, 0.15) is 24.2 Å². The number of nitrogens with two attached hydrogens (primary N) is 2. The molecule has 0 fully saturated rings. The van der Waals surface area contributed by atoms with E-state index in [-0.39, 0.29) is 0 Å². The summed E-state index contributed by atoms with van der Waals surface area (Å²) < 4.78 is 0. The standard InChI is InChI=1S/C12H18N4O3/c1-12(2,14)9(11(18)16-19)15-10(17)7-3-5-8(13)6-4-7/h3-6,9,19H,13-14H2,1-2H3,(H,15,17)(H,16,18)/t9-/m1/s1. The SMILES string of the molecule is CC(C)(N)[C@H](NC(=O)c1ccc(N)cc1)C(=O)NO. The highest BCUT2D eigenvalue weighted by Crippen LogP contribution is 2.09. The Balaban J connectivity index is 2.88. The third-order valence-corrected chi connectivity index (χ3v) is 2.56. The summed E-state index contributed by atoms with van der Waals surface area (Å²) in [4.78, 5) is 23.5. The van der Waals surface area contributed by atoms with Crippen molar-refractivity contribution in [1.82, 2.24) is 10.8 Å². The molecule has 7 N–H and O–H groups in total. The van der Waals surface area contributed by atoms with Gasteiger partial charge in [0.1, 0.15) is 6.04 Å². The van der Waals surface area contributed by atoms with Crippen LogP contribution in [0.3, 0.4) is 0 Å². The first-order valence-corrected chi connectivity index (χ1v) is 5.65.